The summed E-state index contributed by atoms with van der Waals surface area (Å²) in [5.41, 5.74) is 0. The fourth-order valence-corrected chi connectivity index (χ4v) is 1.37. The average Bonchev–Trinajstić information content (AvgIpc) is 2.05. The third-order valence-corrected chi connectivity index (χ3v) is 2.93. The zero-order valence-corrected chi connectivity index (χ0v) is 12.0. The maximum absolute atomic E-state index is 3.54. The van der Waals surface area contributed by atoms with Crippen molar-refractivity contribution < 1.29 is 0 Å². The van der Waals surface area contributed by atoms with Crippen molar-refractivity contribution in [2.24, 2.45) is 0 Å². The zero-order valence-electron chi connectivity index (χ0n) is 6.64. The van der Waals surface area contributed by atoms with Gasteiger partial charge in [0.15, 0.2) is 0 Å². The number of hydrogen-bond donors (Lipinski definition) is 0. The normalized spacial score (nSPS) is 25.9. The van der Waals surface area contributed by atoms with E-state index < -0.39 is 0 Å². The Bertz CT molecular complexity index is 183. The molecule has 1 aliphatic rings. The van der Waals surface area contributed by atoms with Gasteiger partial charge in [0.1, 0.15) is 0 Å². The zero-order chi connectivity index (χ0) is 9.45. The van der Waals surface area contributed by atoms with Gasteiger partial charge in [-0.15, -0.1) is 6.58 Å². The second-order valence-electron chi connectivity index (χ2n) is 2.20. The summed E-state index contributed by atoms with van der Waals surface area (Å²) >= 11 is 9.04. The minimum Gasteiger partial charge on any atom is -0.102 e. The van der Waals surface area contributed by atoms with E-state index in [4.69, 9.17) is 0 Å². The molecule has 1 atom stereocenters. The summed E-state index contributed by atoms with van der Waals surface area (Å²) in [4.78, 5) is 0. The van der Waals surface area contributed by atoms with E-state index in [1.54, 1.807) is 6.08 Å². The van der Waals surface area contributed by atoms with Crippen molar-refractivity contribution in [1.29, 1.82) is 0 Å². The lowest BCUT2D eigenvalue weighted by Crippen LogP contribution is -2.05. The molecule has 1 aliphatic carbocycles. The van der Waals surface area contributed by atoms with Gasteiger partial charge in [0, 0.05) is 5.33 Å². The molecule has 0 aromatic rings. The molecule has 0 saturated carbocycles. The standard InChI is InChI=1S/C6H6BrI.C3H5Br/c7-6(8)4-2-1-3-5-6;1-2-3-4/h1-4H,5H2;2H,1,3H2. The molecule has 1 rings (SSSR count). The van der Waals surface area contributed by atoms with E-state index in [0.717, 1.165) is 11.8 Å². The molecule has 0 amide bonds. The Morgan fingerprint density at radius 2 is 2.17 bits per heavy atom. The lowest BCUT2D eigenvalue weighted by molar-refractivity contribution is 1.05. The van der Waals surface area contributed by atoms with Crippen molar-refractivity contribution >= 4 is 54.5 Å². The molecule has 0 aromatic carbocycles. The molecule has 0 fully saturated rings. The summed E-state index contributed by atoms with van der Waals surface area (Å²) in [6, 6.07) is 0. The predicted octanol–water partition coefficient (Wildman–Crippen LogP) is 4.60. The fourth-order valence-electron chi connectivity index (χ4n) is 0.568. The lowest BCUT2D eigenvalue weighted by atomic mass is 10.2. The first-order chi connectivity index (χ1) is 5.62. The topological polar surface area (TPSA) is 0 Å². The highest BCUT2D eigenvalue weighted by Crippen LogP contribution is 2.34. The van der Waals surface area contributed by atoms with Crippen molar-refractivity contribution in [1.82, 2.24) is 0 Å². The molecule has 3 heteroatoms. The van der Waals surface area contributed by atoms with Crippen LogP contribution in [0.25, 0.3) is 0 Å². The highest BCUT2D eigenvalue weighted by Gasteiger charge is 2.16. The summed E-state index contributed by atoms with van der Waals surface area (Å²) < 4.78 is 0.194. The molecule has 68 valence electrons. The number of alkyl halides is 3. The minimum absolute atomic E-state index is 0.194. The van der Waals surface area contributed by atoms with Crippen LogP contribution < -0.4 is 0 Å². The molecule has 0 spiro atoms. The first-order valence-corrected chi connectivity index (χ1v) is 6.51. The minimum atomic E-state index is 0.194. The molecule has 1 unspecified atom stereocenters. The van der Waals surface area contributed by atoms with Gasteiger partial charge in [-0.1, -0.05) is 84.8 Å². The lowest BCUT2D eigenvalue weighted by Gasteiger charge is -2.14. The van der Waals surface area contributed by atoms with Crippen LogP contribution in [0, 0.1) is 0 Å². The van der Waals surface area contributed by atoms with Gasteiger partial charge in [-0.3, -0.25) is 0 Å². The van der Waals surface area contributed by atoms with Crippen LogP contribution in [0.15, 0.2) is 37.0 Å². The van der Waals surface area contributed by atoms with Crippen LogP contribution in [-0.4, -0.2) is 7.66 Å². The predicted molar refractivity (Wildman–Crippen MR) is 72.6 cm³/mol. The second-order valence-corrected chi connectivity index (χ2v) is 7.67. The van der Waals surface area contributed by atoms with E-state index in [1.807, 2.05) is 0 Å². The first kappa shape index (κ1) is 12.9. The van der Waals surface area contributed by atoms with Crippen molar-refractivity contribution in [2.45, 2.75) is 8.75 Å². The Balaban J connectivity index is 0.000000261. The van der Waals surface area contributed by atoms with Gasteiger partial charge in [0.05, 0.1) is 2.33 Å². The maximum Gasteiger partial charge on any atom is 0.0986 e. The highest BCUT2D eigenvalue weighted by atomic mass is 127. The van der Waals surface area contributed by atoms with Crippen molar-refractivity contribution in [3.8, 4) is 0 Å². The maximum atomic E-state index is 3.54. The van der Waals surface area contributed by atoms with Gasteiger partial charge in [-0.25, -0.2) is 0 Å². The van der Waals surface area contributed by atoms with E-state index >= 15 is 0 Å². The second kappa shape index (κ2) is 7.33. The molecular weight excluding hydrogens is 395 g/mol. The SMILES string of the molecule is BrC1(I)C=CC=CC1.C=CCBr. The Kier molecular flexibility index (Phi) is 7.88. The summed E-state index contributed by atoms with van der Waals surface area (Å²) in [6.07, 6.45) is 11.3. The molecule has 0 N–H and O–H groups in total. The van der Waals surface area contributed by atoms with Crippen LogP contribution >= 0.6 is 54.5 Å². The van der Waals surface area contributed by atoms with Gasteiger partial charge in [-0.05, 0) is 6.42 Å². The van der Waals surface area contributed by atoms with E-state index in [1.165, 1.54) is 0 Å². The third-order valence-electron chi connectivity index (χ3n) is 1.09. The fraction of sp³-hybridized carbons (Fsp3) is 0.333. The van der Waals surface area contributed by atoms with Crippen LogP contribution in [0.2, 0.25) is 0 Å². The molecule has 0 heterocycles. The Hall–Kier alpha value is 0.910. The quantitative estimate of drug-likeness (QED) is 0.340. The smallest absolute Gasteiger partial charge is 0.0986 e. The summed E-state index contributed by atoms with van der Waals surface area (Å²) in [6.45, 7) is 3.43. The molecule has 0 saturated heterocycles. The van der Waals surface area contributed by atoms with Crippen LogP contribution in [0.5, 0.6) is 0 Å². The van der Waals surface area contributed by atoms with Crippen LogP contribution in [-0.2, 0) is 0 Å². The Labute approximate surface area is 105 Å². The first-order valence-electron chi connectivity index (χ1n) is 3.51. The number of allylic oxidation sites excluding steroid dienone is 5. The molecule has 0 nitrogen and oxygen atoms in total. The van der Waals surface area contributed by atoms with Crippen molar-refractivity contribution in [3.05, 3.63) is 37.0 Å². The molecule has 0 bridgehead atoms. The molecule has 12 heavy (non-hydrogen) atoms. The Morgan fingerprint density at radius 1 is 1.58 bits per heavy atom. The summed E-state index contributed by atoms with van der Waals surface area (Å²) in [5, 5.41) is 0.896. The van der Waals surface area contributed by atoms with E-state index in [2.05, 4.69) is 85.3 Å². The number of hydrogen-bond acceptors (Lipinski definition) is 0. The Morgan fingerprint density at radius 3 is 2.33 bits per heavy atom. The molecular formula is C9H11Br2I. The van der Waals surface area contributed by atoms with Crippen molar-refractivity contribution in [3.63, 3.8) is 0 Å². The van der Waals surface area contributed by atoms with E-state index in [9.17, 15) is 0 Å². The largest absolute Gasteiger partial charge is 0.102 e. The molecule has 0 aliphatic heterocycles. The number of rotatable bonds is 1. The van der Waals surface area contributed by atoms with Crippen LogP contribution in [0.3, 0.4) is 0 Å². The van der Waals surface area contributed by atoms with Gasteiger partial charge in [0.25, 0.3) is 0 Å². The van der Waals surface area contributed by atoms with Gasteiger partial charge in [-0.2, -0.15) is 0 Å². The van der Waals surface area contributed by atoms with Crippen LogP contribution in [0.1, 0.15) is 6.42 Å². The van der Waals surface area contributed by atoms with Crippen LogP contribution in [0.4, 0.5) is 0 Å². The molecule has 0 radical (unpaired) electrons. The van der Waals surface area contributed by atoms with Gasteiger partial charge < -0.3 is 0 Å². The molecule has 0 aromatic heterocycles. The highest BCUT2D eigenvalue weighted by molar-refractivity contribution is 14.1. The third kappa shape index (κ3) is 7.55. The average molecular weight is 406 g/mol. The van der Waals surface area contributed by atoms with E-state index in [-0.39, 0.29) is 2.33 Å². The van der Waals surface area contributed by atoms with Crippen molar-refractivity contribution in [2.75, 3.05) is 5.33 Å². The summed E-state index contributed by atoms with van der Waals surface area (Å²) in [5.74, 6) is 0. The monoisotopic (exact) mass is 404 g/mol. The summed E-state index contributed by atoms with van der Waals surface area (Å²) in [7, 11) is 0. The van der Waals surface area contributed by atoms with Gasteiger partial charge >= 0.3 is 0 Å². The number of halogens is 3. The van der Waals surface area contributed by atoms with Gasteiger partial charge in [0.2, 0.25) is 0 Å². The van der Waals surface area contributed by atoms with E-state index in [0.29, 0.717) is 0 Å².